The number of pyridine rings is 1. The van der Waals surface area contributed by atoms with Gasteiger partial charge >= 0.3 is 0 Å². The first-order valence-corrected chi connectivity index (χ1v) is 10.2. The number of thiazole rings is 1. The number of carbonyl (C=O) groups excluding carboxylic acids is 1. The zero-order valence-electron chi connectivity index (χ0n) is 15.0. The number of nitrogens with zero attached hydrogens (tertiary/aromatic N) is 3. The summed E-state index contributed by atoms with van der Waals surface area (Å²) in [7, 11) is 0. The Morgan fingerprint density at radius 3 is 2.82 bits per heavy atom. The van der Waals surface area contributed by atoms with Crippen LogP contribution in [0.4, 0.5) is 5.13 Å². The molecule has 0 radical (unpaired) electrons. The zero-order chi connectivity index (χ0) is 19.4. The fraction of sp³-hybridized carbons (Fsp3) is 0.100. The van der Waals surface area contributed by atoms with E-state index in [1.807, 2.05) is 44.2 Å². The Hall–Kier alpha value is -3.10. The van der Waals surface area contributed by atoms with E-state index in [0.717, 1.165) is 21.3 Å². The lowest BCUT2D eigenvalue weighted by molar-refractivity contribution is 0.103. The highest BCUT2D eigenvalue weighted by atomic mass is 32.1. The fourth-order valence-electron chi connectivity index (χ4n) is 3.11. The molecule has 4 aromatic heterocycles. The second kappa shape index (κ2) is 6.22. The molecule has 28 heavy (non-hydrogen) atoms. The van der Waals surface area contributed by atoms with Gasteiger partial charge in [-0.15, -0.1) is 11.3 Å². The maximum absolute atomic E-state index is 12.8. The van der Waals surface area contributed by atoms with E-state index in [2.05, 4.69) is 15.3 Å². The zero-order valence-corrected chi connectivity index (χ0v) is 16.6. The summed E-state index contributed by atoms with van der Waals surface area (Å²) in [6.07, 6.45) is 1.69. The molecule has 6 nitrogen and oxygen atoms in total. The number of fused-ring (bicyclic) bond motifs is 3. The Labute approximate surface area is 167 Å². The van der Waals surface area contributed by atoms with Gasteiger partial charge in [0.1, 0.15) is 10.5 Å². The number of benzene rings is 1. The summed E-state index contributed by atoms with van der Waals surface area (Å²) in [5.74, 6) is -0.288. The van der Waals surface area contributed by atoms with Crippen molar-refractivity contribution in [2.75, 3.05) is 5.32 Å². The fourth-order valence-corrected chi connectivity index (χ4v) is 4.99. The Balaban J connectivity index is 1.55. The van der Waals surface area contributed by atoms with E-state index >= 15 is 0 Å². The van der Waals surface area contributed by atoms with Crippen LogP contribution < -0.4 is 10.9 Å². The van der Waals surface area contributed by atoms with Gasteiger partial charge in [0, 0.05) is 6.20 Å². The normalized spacial score (nSPS) is 11.5. The number of rotatable bonds is 2. The van der Waals surface area contributed by atoms with Crippen molar-refractivity contribution in [1.82, 2.24) is 14.4 Å². The molecule has 0 atom stereocenters. The SMILES string of the molecule is Cc1ccc2nc(NC(=O)c3cc4c(=O)n5cccc(C)c5nc4s3)sc2c1. The highest BCUT2D eigenvalue weighted by molar-refractivity contribution is 7.23. The third-order valence-electron chi connectivity index (χ3n) is 4.52. The lowest BCUT2D eigenvalue weighted by Gasteiger charge is -2.02. The summed E-state index contributed by atoms with van der Waals surface area (Å²) in [6.45, 7) is 3.93. The number of hydrogen-bond acceptors (Lipinski definition) is 6. The molecule has 5 aromatic rings. The summed E-state index contributed by atoms with van der Waals surface area (Å²) in [5, 5.41) is 3.82. The van der Waals surface area contributed by atoms with Crippen LogP contribution in [0.2, 0.25) is 0 Å². The van der Waals surface area contributed by atoms with Crippen molar-refractivity contribution in [3.63, 3.8) is 0 Å². The van der Waals surface area contributed by atoms with Crippen molar-refractivity contribution in [2.45, 2.75) is 13.8 Å². The first-order chi connectivity index (χ1) is 13.5. The van der Waals surface area contributed by atoms with E-state index in [0.29, 0.717) is 25.9 Å². The smallest absolute Gasteiger partial charge is 0.267 e. The topological polar surface area (TPSA) is 76.4 Å². The van der Waals surface area contributed by atoms with E-state index in [1.54, 1.807) is 12.3 Å². The lowest BCUT2D eigenvalue weighted by atomic mass is 10.2. The van der Waals surface area contributed by atoms with Gasteiger partial charge in [-0.3, -0.25) is 19.3 Å². The molecule has 5 rings (SSSR count). The third kappa shape index (κ3) is 2.69. The predicted octanol–water partition coefficient (Wildman–Crippen LogP) is 4.39. The second-order valence-electron chi connectivity index (χ2n) is 6.58. The number of nitrogens with one attached hydrogen (secondary N) is 1. The van der Waals surface area contributed by atoms with Gasteiger partial charge in [0.25, 0.3) is 11.5 Å². The maximum Gasteiger partial charge on any atom is 0.267 e. The molecule has 0 aliphatic rings. The quantitative estimate of drug-likeness (QED) is 0.472. The van der Waals surface area contributed by atoms with Gasteiger partial charge in [-0.05, 0) is 49.2 Å². The minimum absolute atomic E-state index is 0.172. The molecule has 0 spiro atoms. The molecule has 0 saturated heterocycles. The number of amides is 1. The summed E-state index contributed by atoms with van der Waals surface area (Å²) in [4.78, 5) is 35.5. The van der Waals surface area contributed by atoms with E-state index in [1.165, 1.54) is 27.1 Å². The molecule has 0 saturated carbocycles. The molecule has 8 heteroatoms. The minimum atomic E-state index is -0.288. The number of aromatic nitrogens is 3. The van der Waals surface area contributed by atoms with Crippen LogP contribution >= 0.6 is 22.7 Å². The van der Waals surface area contributed by atoms with Gasteiger partial charge in [-0.1, -0.05) is 23.5 Å². The molecule has 0 bridgehead atoms. The van der Waals surface area contributed by atoms with Gasteiger partial charge in [-0.25, -0.2) is 9.97 Å². The maximum atomic E-state index is 12.8. The Morgan fingerprint density at radius 1 is 1.11 bits per heavy atom. The van der Waals surface area contributed by atoms with Gasteiger partial charge in [0.15, 0.2) is 5.13 Å². The van der Waals surface area contributed by atoms with Crippen molar-refractivity contribution in [3.8, 4) is 0 Å². The molecule has 0 unspecified atom stereocenters. The molecule has 138 valence electrons. The first-order valence-electron chi connectivity index (χ1n) is 8.60. The average Bonchev–Trinajstić information content (AvgIpc) is 3.26. The Bertz CT molecular complexity index is 1460. The lowest BCUT2D eigenvalue weighted by Crippen LogP contribution is -2.14. The number of aryl methyl sites for hydroxylation is 2. The second-order valence-corrected chi connectivity index (χ2v) is 8.64. The third-order valence-corrected chi connectivity index (χ3v) is 6.48. The molecule has 1 amide bonds. The average molecular weight is 406 g/mol. The molecule has 4 heterocycles. The van der Waals surface area contributed by atoms with E-state index < -0.39 is 0 Å². The standard InChI is InChI=1S/C20H14N4O2S2/c1-10-5-6-13-14(8-10)28-20(21-13)23-17(25)15-9-12-18(27-15)22-16-11(2)4-3-7-24(16)19(12)26/h3-9H,1-2H3,(H,21,23,25). The summed E-state index contributed by atoms with van der Waals surface area (Å²) >= 11 is 2.64. The van der Waals surface area contributed by atoms with Gasteiger partial charge < -0.3 is 0 Å². The molecular formula is C20H14N4O2S2. The van der Waals surface area contributed by atoms with E-state index in [-0.39, 0.29) is 11.5 Å². The molecule has 1 aromatic carbocycles. The monoisotopic (exact) mass is 406 g/mol. The van der Waals surface area contributed by atoms with Gasteiger partial charge in [0.2, 0.25) is 0 Å². The van der Waals surface area contributed by atoms with Crippen LogP contribution in [0.1, 0.15) is 20.8 Å². The van der Waals surface area contributed by atoms with Crippen molar-refractivity contribution >= 4 is 59.8 Å². The van der Waals surface area contributed by atoms with Crippen LogP contribution in [0.15, 0.2) is 47.4 Å². The van der Waals surface area contributed by atoms with Crippen molar-refractivity contribution < 1.29 is 4.79 Å². The van der Waals surface area contributed by atoms with Crippen molar-refractivity contribution in [1.29, 1.82) is 0 Å². The van der Waals surface area contributed by atoms with Crippen LogP contribution in [0, 0.1) is 13.8 Å². The summed E-state index contributed by atoms with van der Waals surface area (Å²) in [5.41, 5.74) is 3.34. The summed E-state index contributed by atoms with van der Waals surface area (Å²) < 4.78 is 2.54. The van der Waals surface area contributed by atoms with Crippen molar-refractivity contribution in [2.24, 2.45) is 0 Å². The number of anilines is 1. The van der Waals surface area contributed by atoms with Gasteiger partial charge in [-0.2, -0.15) is 0 Å². The highest BCUT2D eigenvalue weighted by Gasteiger charge is 2.17. The van der Waals surface area contributed by atoms with Crippen LogP contribution in [-0.4, -0.2) is 20.3 Å². The molecule has 0 aliphatic heterocycles. The molecule has 0 aliphatic carbocycles. The largest absolute Gasteiger partial charge is 0.297 e. The number of hydrogen-bond donors (Lipinski definition) is 1. The number of carbonyl (C=O) groups is 1. The van der Waals surface area contributed by atoms with Gasteiger partial charge in [0.05, 0.1) is 20.5 Å². The molecule has 0 fully saturated rings. The van der Waals surface area contributed by atoms with E-state index in [9.17, 15) is 9.59 Å². The van der Waals surface area contributed by atoms with Crippen LogP contribution in [0.3, 0.4) is 0 Å². The van der Waals surface area contributed by atoms with E-state index in [4.69, 9.17) is 0 Å². The highest BCUT2D eigenvalue weighted by Crippen LogP contribution is 2.28. The first kappa shape index (κ1) is 17.0. The van der Waals surface area contributed by atoms with Crippen LogP contribution in [0.5, 0.6) is 0 Å². The summed E-state index contributed by atoms with van der Waals surface area (Å²) in [6, 6.07) is 11.3. The molecular weight excluding hydrogens is 392 g/mol. The van der Waals surface area contributed by atoms with Crippen LogP contribution in [-0.2, 0) is 0 Å². The predicted molar refractivity (Wildman–Crippen MR) is 114 cm³/mol. The molecule has 1 N–H and O–H groups in total. The van der Waals surface area contributed by atoms with Crippen molar-refractivity contribution in [3.05, 3.63) is 69.0 Å². The van der Waals surface area contributed by atoms with Crippen LogP contribution in [0.25, 0.3) is 26.1 Å². The Kier molecular flexibility index (Phi) is 3.78. The number of thiophene rings is 1. The Morgan fingerprint density at radius 2 is 1.96 bits per heavy atom. The minimum Gasteiger partial charge on any atom is -0.297 e.